The van der Waals surface area contributed by atoms with Crippen LogP contribution < -0.4 is 0 Å². The number of amides is 1. The van der Waals surface area contributed by atoms with E-state index in [2.05, 4.69) is 74.4 Å². The van der Waals surface area contributed by atoms with E-state index >= 15 is 0 Å². The molecule has 0 unspecified atom stereocenters. The number of carbonyl (C=O) groups is 1. The Bertz CT molecular complexity index is 761. The average Bonchev–Trinajstić information content (AvgIpc) is 3.10. The molecule has 1 saturated heterocycles. The molecule has 0 aromatic rings. The maximum atomic E-state index is 13.1. The summed E-state index contributed by atoms with van der Waals surface area (Å²) < 4.78 is 5.88. The molecule has 1 aliphatic rings. The van der Waals surface area contributed by atoms with E-state index in [1.165, 1.54) is 128 Å². The van der Waals surface area contributed by atoms with Crippen LogP contribution in [0.5, 0.6) is 0 Å². The lowest BCUT2D eigenvalue weighted by Crippen LogP contribution is -2.36. The number of carbonyl (C=O) groups excluding carboxylic acids is 1. The predicted octanol–water partition coefficient (Wildman–Crippen LogP) is 13.4. The minimum absolute atomic E-state index is 0.0703. The Hall–Kier alpha value is -1.81. The highest BCUT2D eigenvalue weighted by Gasteiger charge is 2.20. The van der Waals surface area contributed by atoms with Gasteiger partial charge in [0.05, 0.1) is 6.61 Å². The van der Waals surface area contributed by atoms with E-state index in [4.69, 9.17) is 4.74 Å². The SMILES string of the molecule is CCCCC/C=C\C/C=C\CCCCCCCCN(CCCCCCCC/C=C\C/C=C\CCCCC)C(=O)OCC1CCN(C)CC1. The molecule has 48 heavy (non-hydrogen) atoms. The first-order valence-corrected chi connectivity index (χ1v) is 20.9. The van der Waals surface area contributed by atoms with Gasteiger partial charge in [-0.25, -0.2) is 4.79 Å². The summed E-state index contributed by atoms with van der Waals surface area (Å²) in [6, 6.07) is 0. The average molecular weight is 669 g/mol. The van der Waals surface area contributed by atoms with Crippen LogP contribution in [0, 0.1) is 5.92 Å². The van der Waals surface area contributed by atoms with Crippen molar-refractivity contribution in [2.45, 2.75) is 181 Å². The second-order valence-corrected chi connectivity index (χ2v) is 14.5. The van der Waals surface area contributed by atoms with Crippen LogP contribution in [0.1, 0.15) is 181 Å². The number of likely N-dealkylation sites (tertiary alicyclic amines) is 1. The molecule has 4 nitrogen and oxygen atoms in total. The molecular weight excluding hydrogens is 588 g/mol. The second kappa shape index (κ2) is 35.0. The molecule has 0 spiro atoms. The molecule has 0 atom stereocenters. The van der Waals surface area contributed by atoms with Gasteiger partial charge in [-0.15, -0.1) is 0 Å². The predicted molar refractivity (Wildman–Crippen MR) is 212 cm³/mol. The number of ether oxygens (including phenoxy) is 1. The molecule has 0 saturated carbocycles. The third-order valence-electron chi connectivity index (χ3n) is 9.80. The fourth-order valence-corrected chi connectivity index (χ4v) is 6.39. The Morgan fingerprint density at radius 2 is 0.938 bits per heavy atom. The first kappa shape index (κ1) is 44.2. The van der Waals surface area contributed by atoms with Crippen molar-refractivity contribution in [2.24, 2.45) is 5.92 Å². The van der Waals surface area contributed by atoms with Gasteiger partial charge in [-0.05, 0) is 116 Å². The van der Waals surface area contributed by atoms with Crippen LogP contribution >= 0.6 is 0 Å². The van der Waals surface area contributed by atoms with Crippen LogP contribution in [-0.4, -0.2) is 55.7 Å². The van der Waals surface area contributed by atoms with Crippen LogP contribution in [0.25, 0.3) is 0 Å². The van der Waals surface area contributed by atoms with Gasteiger partial charge in [-0.3, -0.25) is 0 Å². The molecule has 0 aromatic carbocycles. The first-order chi connectivity index (χ1) is 23.7. The molecular formula is C44H80N2O2. The molecule has 1 heterocycles. The Kier molecular flexibility index (Phi) is 32.3. The van der Waals surface area contributed by atoms with Gasteiger partial charge in [-0.1, -0.05) is 140 Å². The summed E-state index contributed by atoms with van der Waals surface area (Å²) in [6.45, 7) is 9.05. The standard InChI is InChI=1S/C44H80N2O2/c1-4-6-8-10-12-14-16-18-20-22-24-26-28-30-32-34-38-46(44(47)48-42-43-36-40-45(3)41-37-43)39-35-33-31-29-27-25-23-21-19-17-15-13-11-9-7-5-2/h12-15,18-21,43H,4-11,16-17,22-42H2,1-3H3/b14-12-,15-13-,20-18-,21-19-. The lowest BCUT2D eigenvalue weighted by atomic mass is 9.98. The zero-order chi connectivity index (χ0) is 34.6. The molecule has 4 heteroatoms. The lowest BCUT2D eigenvalue weighted by Gasteiger charge is -2.29. The third-order valence-corrected chi connectivity index (χ3v) is 9.80. The summed E-state index contributed by atoms with van der Waals surface area (Å²) in [6.07, 6.45) is 50.8. The molecule has 1 aliphatic heterocycles. The largest absolute Gasteiger partial charge is 0.449 e. The molecule has 1 amide bonds. The van der Waals surface area contributed by atoms with Crippen LogP contribution in [-0.2, 0) is 4.74 Å². The Labute approximate surface area is 299 Å². The summed E-state index contributed by atoms with van der Waals surface area (Å²) in [7, 11) is 2.18. The Balaban J connectivity index is 2.19. The van der Waals surface area contributed by atoms with Gasteiger partial charge < -0.3 is 14.5 Å². The number of nitrogens with zero attached hydrogens (tertiary/aromatic N) is 2. The quantitative estimate of drug-likeness (QED) is 0.0528. The van der Waals surface area contributed by atoms with E-state index in [1.807, 2.05) is 4.90 Å². The van der Waals surface area contributed by atoms with Crippen molar-refractivity contribution in [3.8, 4) is 0 Å². The van der Waals surface area contributed by atoms with Gasteiger partial charge in [0.2, 0.25) is 0 Å². The van der Waals surface area contributed by atoms with E-state index in [1.54, 1.807) is 0 Å². The van der Waals surface area contributed by atoms with Gasteiger partial charge in [0.1, 0.15) is 0 Å². The highest BCUT2D eigenvalue weighted by Crippen LogP contribution is 2.17. The normalized spacial score (nSPS) is 14.8. The summed E-state index contributed by atoms with van der Waals surface area (Å²) >= 11 is 0. The molecule has 0 aromatic heterocycles. The van der Waals surface area contributed by atoms with Gasteiger partial charge >= 0.3 is 6.09 Å². The van der Waals surface area contributed by atoms with Gasteiger partial charge in [0.25, 0.3) is 0 Å². The smallest absolute Gasteiger partial charge is 0.409 e. The third kappa shape index (κ3) is 29.1. The van der Waals surface area contributed by atoms with Crippen LogP contribution in [0.15, 0.2) is 48.6 Å². The monoisotopic (exact) mass is 669 g/mol. The fourth-order valence-electron chi connectivity index (χ4n) is 6.39. The van der Waals surface area contributed by atoms with Crippen molar-refractivity contribution in [3.63, 3.8) is 0 Å². The summed E-state index contributed by atoms with van der Waals surface area (Å²) in [5, 5.41) is 0. The number of unbranched alkanes of at least 4 members (excludes halogenated alkanes) is 18. The van der Waals surface area contributed by atoms with Crippen molar-refractivity contribution in [1.82, 2.24) is 9.80 Å². The first-order valence-electron chi connectivity index (χ1n) is 20.9. The van der Waals surface area contributed by atoms with Crippen molar-refractivity contribution in [3.05, 3.63) is 48.6 Å². The van der Waals surface area contributed by atoms with E-state index in [0.29, 0.717) is 12.5 Å². The summed E-state index contributed by atoms with van der Waals surface area (Å²) in [5.74, 6) is 0.524. The van der Waals surface area contributed by atoms with E-state index in [9.17, 15) is 4.79 Å². The van der Waals surface area contributed by atoms with Crippen LogP contribution in [0.2, 0.25) is 0 Å². The van der Waals surface area contributed by atoms with Crippen LogP contribution in [0.4, 0.5) is 4.79 Å². The second-order valence-electron chi connectivity index (χ2n) is 14.5. The molecule has 0 N–H and O–H groups in total. The number of hydrogen-bond donors (Lipinski definition) is 0. The van der Waals surface area contributed by atoms with Crippen LogP contribution in [0.3, 0.4) is 0 Å². The molecule has 1 fully saturated rings. The fraction of sp³-hybridized carbons (Fsp3) is 0.795. The molecule has 0 bridgehead atoms. The Morgan fingerprint density at radius 1 is 0.562 bits per heavy atom. The summed E-state index contributed by atoms with van der Waals surface area (Å²) in [5.41, 5.74) is 0. The van der Waals surface area contributed by atoms with Gasteiger partial charge in [0.15, 0.2) is 0 Å². The van der Waals surface area contributed by atoms with Gasteiger partial charge in [0, 0.05) is 13.1 Å². The van der Waals surface area contributed by atoms with E-state index in [0.717, 1.165) is 64.7 Å². The minimum atomic E-state index is -0.0703. The number of piperidine rings is 1. The van der Waals surface area contributed by atoms with Crippen molar-refractivity contribution < 1.29 is 9.53 Å². The lowest BCUT2D eigenvalue weighted by molar-refractivity contribution is 0.0719. The molecule has 1 rings (SSSR count). The maximum absolute atomic E-state index is 13.1. The van der Waals surface area contributed by atoms with E-state index < -0.39 is 0 Å². The van der Waals surface area contributed by atoms with E-state index in [-0.39, 0.29) is 6.09 Å². The number of allylic oxidation sites excluding steroid dienone is 8. The summed E-state index contributed by atoms with van der Waals surface area (Å²) in [4.78, 5) is 17.5. The number of hydrogen-bond acceptors (Lipinski definition) is 3. The van der Waals surface area contributed by atoms with Crippen molar-refractivity contribution in [2.75, 3.05) is 39.8 Å². The zero-order valence-corrected chi connectivity index (χ0v) is 32.3. The number of rotatable bonds is 32. The zero-order valence-electron chi connectivity index (χ0n) is 32.3. The molecule has 278 valence electrons. The maximum Gasteiger partial charge on any atom is 0.409 e. The van der Waals surface area contributed by atoms with Crippen molar-refractivity contribution >= 4 is 6.09 Å². The molecule has 0 radical (unpaired) electrons. The topological polar surface area (TPSA) is 32.8 Å². The highest BCUT2D eigenvalue weighted by atomic mass is 16.6. The van der Waals surface area contributed by atoms with Gasteiger partial charge in [-0.2, -0.15) is 0 Å². The Morgan fingerprint density at radius 3 is 1.35 bits per heavy atom. The highest BCUT2D eigenvalue weighted by molar-refractivity contribution is 5.67. The van der Waals surface area contributed by atoms with Crippen molar-refractivity contribution in [1.29, 1.82) is 0 Å². The molecule has 0 aliphatic carbocycles. The minimum Gasteiger partial charge on any atom is -0.449 e.